The number of hydrogen-bond donors (Lipinski definition) is 1. The Morgan fingerprint density at radius 3 is 2.52 bits per heavy atom. The third-order valence-corrected chi connectivity index (χ3v) is 5.40. The van der Waals surface area contributed by atoms with Crippen LogP contribution in [0.4, 0.5) is 17.8 Å². The zero-order valence-electron chi connectivity index (χ0n) is 12.7. The third kappa shape index (κ3) is 3.52. The van der Waals surface area contributed by atoms with Crippen LogP contribution in [-0.4, -0.2) is 60.6 Å². The highest BCUT2D eigenvalue weighted by atomic mass is 32.2. The van der Waals surface area contributed by atoms with E-state index in [9.17, 15) is 8.42 Å². The second kappa shape index (κ2) is 6.00. The van der Waals surface area contributed by atoms with E-state index in [-0.39, 0.29) is 23.5 Å². The molecule has 1 atom stereocenters. The largest absolute Gasteiger partial charge is 0.368 e. The molecule has 1 saturated heterocycles. The van der Waals surface area contributed by atoms with Crippen molar-refractivity contribution in [2.75, 3.05) is 46.7 Å². The normalized spacial score (nSPS) is 21.3. The number of rotatable bonds is 4. The van der Waals surface area contributed by atoms with Gasteiger partial charge in [-0.15, -0.1) is 0 Å². The van der Waals surface area contributed by atoms with Crippen LogP contribution in [0.3, 0.4) is 0 Å². The second-order valence-electron chi connectivity index (χ2n) is 5.12. The van der Waals surface area contributed by atoms with Gasteiger partial charge < -0.3 is 15.5 Å². The SMILES string of the molecule is CCN(CC)c1nc(N)nc(N2CCS(=O)(=O)CC2C)n1. The van der Waals surface area contributed by atoms with Crippen LogP contribution in [0, 0.1) is 0 Å². The molecule has 2 N–H and O–H groups in total. The average Bonchev–Trinajstić information content (AvgIpc) is 2.38. The van der Waals surface area contributed by atoms with Crippen LogP contribution in [0.5, 0.6) is 0 Å². The smallest absolute Gasteiger partial charge is 0.232 e. The first-order valence-corrected chi connectivity index (χ1v) is 8.92. The predicted octanol–water partition coefficient (Wildman–Crippen LogP) is -0.0767. The van der Waals surface area contributed by atoms with E-state index >= 15 is 0 Å². The summed E-state index contributed by atoms with van der Waals surface area (Å²) in [5, 5.41) is 0. The topological polar surface area (TPSA) is 105 Å². The summed E-state index contributed by atoms with van der Waals surface area (Å²) in [6, 6.07) is -0.171. The summed E-state index contributed by atoms with van der Waals surface area (Å²) >= 11 is 0. The quantitative estimate of drug-likeness (QED) is 0.823. The predicted molar refractivity (Wildman–Crippen MR) is 83.3 cm³/mol. The van der Waals surface area contributed by atoms with Crippen molar-refractivity contribution in [3.8, 4) is 0 Å². The fourth-order valence-corrected chi connectivity index (χ4v) is 4.00. The zero-order chi connectivity index (χ0) is 15.6. The van der Waals surface area contributed by atoms with Crippen LogP contribution in [0.1, 0.15) is 20.8 Å². The Morgan fingerprint density at radius 1 is 1.29 bits per heavy atom. The van der Waals surface area contributed by atoms with E-state index in [0.717, 1.165) is 13.1 Å². The molecule has 1 unspecified atom stereocenters. The molecule has 0 aromatic carbocycles. The van der Waals surface area contributed by atoms with Gasteiger partial charge in [-0.3, -0.25) is 0 Å². The molecule has 1 aromatic heterocycles. The average molecular weight is 314 g/mol. The molecule has 0 saturated carbocycles. The van der Waals surface area contributed by atoms with Gasteiger partial charge in [0.25, 0.3) is 0 Å². The first kappa shape index (κ1) is 15.7. The van der Waals surface area contributed by atoms with Crippen LogP contribution in [0.15, 0.2) is 0 Å². The molecule has 2 heterocycles. The molecule has 21 heavy (non-hydrogen) atoms. The first-order valence-electron chi connectivity index (χ1n) is 7.09. The summed E-state index contributed by atoms with van der Waals surface area (Å²) in [7, 11) is -2.97. The molecule has 0 amide bonds. The Bertz CT molecular complexity index is 602. The summed E-state index contributed by atoms with van der Waals surface area (Å²) in [6.07, 6.45) is 0. The molecule has 118 valence electrons. The number of nitrogens with zero attached hydrogens (tertiary/aromatic N) is 5. The van der Waals surface area contributed by atoms with E-state index in [1.54, 1.807) is 0 Å². The number of sulfone groups is 1. The standard InChI is InChI=1S/C12H22N6O2S/c1-4-17(5-2)11-14-10(13)15-12(16-11)18-6-7-21(19,20)8-9(18)3/h9H,4-8H2,1-3H3,(H2,13,14,15,16). The van der Waals surface area contributed by atoms with Crippen molar-refractivity contribution in [2.45, 2.75) is 26.8 Å². The fourth-order valence-electron chi connectivity index (χ4n) is 2.44. The van der Waals surface area contributed by atoms with Crippen molar-refractivity contribution in [3.63, 3.8) is 0 Å². The molecule has 0 radical (unpaired) electrons. The lowest BCUT2D eigenvalue weighted by atomic mass is 10.3. The molecule has 9 heteroatoms. The van der Waals surface area contributed by atoms with Gasteiger partial charge in [0.05, 0.1) is 11.5 Å². The van der Waals surface area contributed by atoms with Gasteiger partial charge in [-0.2, -0.15) is 15.0 Å². The third-order valence-electron chi connectivity index (χ3n) is 3.60. The van der Waals surface area contributed by atoms with Gasteiger partial charge in [0, 0.05) is 25.7 Å². The van der Waals surface area contributed by atoms with E-state index in [1.807, 2.05) is 30.6 Å². The highest BCUT2D eigenvalue weighted by Gasteiger charge is 2.30. The van der Waals surface area contributed by atoms with Gasteiger partial charge in [0.2, 0.25) is 17.8 Å². The van der Waals surface area contributed by atoms with E-state index < -0.39 is 9.84 Å². The van der Waals surface area contributed by atoms with E-state index in [0.29, 0.717) is 18.4 Å². The highest BCUT2D eigenvalue weighted by molar-refractivity contribution is 7.91. The second-order valence-corrected chi connectivity index (χ2v) is 7.35. The number of anilines is 3. The monoisotopic (exact) mass is 314 g/mol. The summed E-state index contributed by atoms with van der Waals surface area (Å²) in [6.45, 7) is 7.80. The Balaban J connectivity index is 2.32. The van der Waals surface area contributed by atoms with Crippen molar-refractivity contribution in [2.24, 2.45) is 0 Å². The van der Waals surface area contributed by atoms with Gasteiger partial charge >= 0.3 is 0 Å². The minimum atomic E-state index is -2.97. The number of nitrogen functional groups attached to an aromatic ring is 1. The molecule has 1 aliphatic rings. The maximum Gasteiger partial charge on any atom is 0.232 e. The molecule has 1 aliphatic heterocycles. The van der Waals surface area contributed by atoms with Gasteiger partial charge in [-0.05, 0) is 20.8 Å². The number of nitrogens with two attached hydrogens (primary N) is 1. The molecule has 0 bridgehead atoms. The Morgan fingerprint density at radius 2 is 1.95 bits per heavy atom. The minimum absolute atomic E-state index is 0.110. The van der Waals surface area contributed by atoms with Gasteiger partial charge in [-0.25, -0.2) is 8.42 Å². The van der Waals surface area contributed by atoms with E-state index in [2.05, 4.69) is 15.0 Å². The van der Waals surface area contributed by atoms with Crippen molar-refractivity contribution < 1.29 is 8.42 Å². The van der Waals surface area contributed by atoms with Gasteiger partial charge in [0.15, 0.2) is 9.84 Å². The Labute approximate surface area is 125 Å². The lowest BCUT2D eigenvalue weighted by Gasteiger charge is -2.33. The van der Waals surface area contributed by atoms with Crippen LogP contribution >= 0.6 is 0 Å². The summed E-state index contributed by atoms with van der Waals surface area (Å²) in [5.41, 5.74) is 5.78. The minimum Gasteiger partial charge on any atom is -0.368 e. The van der Waals surface area contributed by atoms with Crippen LogP contribution in [0.25, 0.3) is 0 Å². The van der Waals surface area contributed by atoms with Crippen LogP contribution < -0.4 is 15.5 Å². The Hall–Kier alpha value is -1.64. The first-order chi connectivity index (χ1) is 9.86. The molecule has 1 aromatic rings. The molecule has 1 fully saturated rings. The lowest BCUT2D eigenvalue weighted by Crippen LogP contribution is -2.48. The Kier molecular flexibility index (Phi) is 4.50. The molecular weight excluding hydrogens is 292 g/mol. The highest BCUT2D eigenvalue weighted by Crippen LogP contribution is 2.20. The lowest BCUT2D eigenvalue weighted by molar-refractivity contribution is 0.564. The van der Waals surface area contributed by atoms with Crippen molar-refractivity contribution in [3.05, 3.63) is 0 Å². The van der Waals surface area contributed by atoms with Crippen LogP contribution in [0.2, 0.25) is 0 Å². The molecule has 8 nitrogen and oxygen atoms in total. The fraction of sp³-hybridized carbons (Fsp3) is 0.750. The number of aromatic nitrogens is 3. The summed E-state index contributed by atoms with van der Waals surface area (Å²) < 4.78 is 23.3. The maximum atomic E-state index is 11.7. The molecule has 2 rings (SSSR count). The zero-order valence-corrected chi connectivity index (χ0v) is 13.5. The van der Waals surface area contributed by atoms with Crippen molar-refractivity contribution >= 4 is 27.7 Å². The summed E-state index contributed by atoms with van der Waals surface area (Å²) in [5.74, 6) is 1.36. The van der Waals surface area contributed by atoms with Gasteiger partial charge in [0.1, 0.15) is 0 Å². The number of hydrogen-bond acceptors (Lipinski definition) is 8. The molecule has 0 spiro atoms. The summed E-state index contributed by atoms with van der Waals surface area (Å²) in [4.78, 5) is 16.6. The molecule has 0 aliphatic carbocycles. The van der Waals surface area contributed by atoms with E-state index in [4.69, 9.17) is 5.73 Å². The van der Waals surface area contributed by atoms with Gasteiger partial charge in [-0.1, -0.05) is 0 Å². The van der Waals surface area contributed by atoms with Crippen molar-refractivity contribution in [1.82, 2.24) is 15.0 Å². The molecular formula is C12H22N6O2S. The van der Waals surface area contributed by atoms with E-state index in [1.165, 1.54) is 0 Å². The van der Waals surface area contributed by atoms with Crippen molar-refractivity contribution in [1.29, 1.82) is 0 Å². The van der Waals surface area contributed by atoms with Crippen LogP contribution in [-0.2, 0) is 9.84 Å². The maximum absolute atomic E-state index is 11.7.